The van der Waals surface area contributed by atoms with Crippen molar-refractivity contribution in [2.75, 3.05) is 13.1 Å². The second-order valence-corrected chi connectivity index (χ2v) is 3.18. The van der Waals surface area contributed by atoms with Crippen LogP contribution in [0.5, 0.6) is 0 Å². The minimum absolute atomic E-state index is 0.586. The molecule has 0 amide bonds. The highest BCUT2D eigenvalue weighted by Gasteiger charge is 2.00. The predicted molar refractivity (Wildman–Crippen MR) is 63.2 cm³/mol. The number of benzene rings is 1. The summed E-state index contributed by atoms with van der Waals surface area (Å²) < 4.78 is 0. The Balaban J connectivity index is 2.39. The lowest BCUT2D eigenvalue weighted by atomic mass is 10.2. The smallest absolute Gasteiger partial charge is 0.0936 e. The third kappa shape index (κ3) is 4.58. The molecule has 2 nitrogen and oxygen atoms in total. The molecule has 0 spiro atoms. The van der Waals surface area contributed by atoms with Gasteiger partial charge >= 0.3 is 0 Å². The number of rotatable bonds is 7. The van der Waals surface area contributed by atoms with Crippen LogP contribution < -0.4 is 0 Å². The van der Waals surface area contributed by atoms with Crippen LogP contribution in [0.3, 0.4) is 0 Å². The van der Waals surface area contributed by atoms with Crippen molar-refractivity contribution in [2.45, 2.75) is 6.61 Å². The van der Waals surface area contributed by atoms with Crippen LogP contribution in [0.1, 0.15) is 5.56 Å². The van der Waals surface area contributed by atoms with Gasteiger partial charge in [-0.1, -0.05) is 42.5 Å². The monoisotopic (exact) mass is 203 g/mol. The summed E-state index contributed by atoms with van der Waals surface area (Å²) in [6.45, 7) is 9.36. The maximum atomic E-state index is 5.60. The minimum atomic E-state index is 0.586. The molecule has 0 N–H and O–H groups in total. The van der Waals surface area contributed by atoms with Gasteiger partial charge in [0.15, 0.2) is 0 Å². The molecule has 0 aliphatic rings. The fourth-order valence-corrected chi connectivity index (χ4v) is 1.21. The van der Waals surface area contributed by atoms with Crippen molar-refractivity contribution in [1.29, 1.82) is 0 Å². The molecule has 80 valence electrons. The highest BCUT2D eigenvalue weighted by Crippen LogP contribution is 2.02. The molecule has 1 aromatic carbocycles. The summed E-state index contributed by atoms with van der Waals surface area (Å²) in [5, 5.41) is 1.83. The molecule has 0 atom stereocenters. The summed E-state index contributed by atoms with van der Waals surface area (Å²) in [5.74, 6) is 0. The third-order valence-electron chi connectivity index (χ3n) is 1.92. The lowest BCUT2D eigenvalue weighted by Crippen LogP contribution is -2.24. The highest BCUT2D eigenvalue weighted by atomic mass is 16.7. The Bertz CT molecular complexity index is 285. The first-order valence-electron chi connectivity index (χ1n) is 5.00. The second kappa shape index (κ2) is 6.98. The molecule has 0 aliphatic carbocycles. The van der Waals surface area contributed by atoms with Crippen molar-refractivity contribution < 1.29 is 4.84 Å². The van der Waals surface area contributed by atoms with Crippen molar-refractivity contribution >= 4 is 0 Å². The van der Waals surface area contributed by atoms with E-state index >= 15 is 0 Å². The van der Waals surface area contributed by atoms with Crippen LogP contribution in [0, 0.1) is 0 Å². The van der Waals surface area contributed by atoms with Crippen LogP contribution in [0.4, 0.5) is 0 Å². The Morgan fingerprint density at radius 3 is 2.20 bits per heavy atom. The molecule has 0 aromatic heterocycles. The highest BCUT2D eigenvalue weighted by molar-refractivity contribution is 5.13. The fraction of sp³-hybridized carbons (Fsp3) is 0.231. The summed E-state index contributed by atoms with van der Waals surface area (Å²) in [6.07, 6.45) is 3.63. The first-order chi connectivity index (χ1) is 7.36. The zero-order valence-electron chi connectivity index (χ0n) is 8.93. The molecule has 1 rings (SSSR count). The quantitative estimate of drug-likeness (QED) is 0.499. The van der Waals surface area contributed by atoms with E-state index in [1.165, 1.54) is 0 Å². The molecule has 0 saturated heterocycles. The van der Waals surface area contributed by atoms with Gasteiger partial charge in [0.25, 0.3) is 0 Å². The molecule has 0 unspecified atom stereocenters. The van der Waals surface area contributed by atoms with Gasteiger partial charge in [-0.15, -0.1) is 13.2 Å². The molecule has 0 radical (unpaired) electrons. The van der Waals surface area contributed by atoms with E-state index in [1.54, 1.807) is 0 Å². The van der Waals surface area contributed by atoms with E-state index < -0.39 is 0 Å². The third-order valence-corrected chi connectivity index (χ3v) is 1.92. The van der Waals surface area contributed by atoms with E-state index in [1.807, 2.05) is 47.5 Å². The van der Waals surface area contributed by atoms with E-state index in [2.05, 4.69) is 13.2 Å². The van der Waals surface area contributed by atoms with Crippen LogP contribution in [0.15, 0.2) is 55.6 Å². The molecule has 0 heterocycles. The van der Waals surface area contributed by atoms with Crippen molar-refractivity contribution in [1.82, 2.24) is 5.06 Å². The van der Waals surface area contributed by atoms with Crippen molar-refractivity contribution in [3.8, 4) is 0 Å². The van der Waals surface area contributed by atoms with Gasteiger partial charge in [-0.25, -0.2) is 0 Å². The van der Waals surface area contributed by atoms with E-state index in [9.17, 15) is 0 Å². The normalized spacial score (nSPS) is 10.2. The topological polar surface area (TPSA) is 12.5 Å². The van der Waals surface area contributed by atoms with E-state index in [0.29, 0.717) is 19.7 Å². The maximum Gasteiger partial charge on any atom is 0.0936 e. The molecule has 0 saturated carbocycles. The van der Waals surface area contributed by atoms with Gasteiger partial charge in [0, 0.05) is 13.1 Å². The maximum absolute atomic E-state index is 5.60. The van der Waals surface area contributed by atoms with Crippen LogP contribution in [-0.2, 0) is 11.4 Å². The number of hydrogen-bond acceptors (Lipinski definition) is 2. The predicted octanol–water partition coefficient (Wildman–Crippen LogP) is 2.79. The largest absolute Gasteiger partial charge is 0.294 e. The summed E-state index contributed by atoms with van der Waals surface area (Å²) in [7, 11) is 0. The van der Waals surface area contributed by atoms with Gasteiger partial charge in [0.2, 0.25) is 0 Å². The molecule has 0 aliphatic heterocycles. The Morgan fingerprint density at radius 1 is 1.07 bits per heavy atom. The average Bonchev–Trinajstić information content (AvgIpc) is 2.28. The SMILES string of the molecule is C=CCN(CC=C)OCc1ccccc1. The van der Waals surface area contributed by atoms with Gasteiger partial charge in [-0.05, 0) is 5.56 Å². The molecular formula is C13H17NO. The van der Waals surface area contributed by atoms with Gasteiger partial charge in [-0.3, -0.25) is 4.84 Å². The summed E-state index contributed by atoms with van der Waals surface area (Å²) >= 11 is 0. The molecular weight excluding hydrogens is 186 g/mol. The first kappa shape index (κ1) is 11.7. The van der Waals surface area contributed by atoms with Gasteiger partial charge < -0.3 is 0 Å². The van der Waals surface area contributed by atoms with Crippen LogP contribution >= 0.6 is 0 Å². The number of hydrogen-bond donors (Lipinski definition) is 0. The molecule has 1 aromatic rings. The number of hydroxylamine groups is 2. The Labute approximate surface area is 91.4 Å². The number of nitrogens with zero attached hydrogens (tertiary/aromatic N) is 1. The second-order valence-electron chi connectivity index (χ2n) is 3.18. The van der Waals surface area contributed by atoms with Crippen LogP contribution in [0.2, 0.25) is 0 Å². The summed E-state index contributed by atoms with van der Waals surface area (Å²) in [6, 6.07) is 10.1. The lowest BCUT2D eigenvalue weighted by molar-refractivity contribution is -0.154. The van der Waals surface area contributed by atoms with Gasteiger partial charge in [-0.2, -0.15) is 5.06 Å². The van der Waals surface area contributed by atoms with E-state index in [4.69, 9.17) is 4.84 Å². The molecule has 0 fully saturated rings. The standard InChI is InChI=1S/C13H17NO/c1-3-10-14(11-4-2)15-12-13-8-6-5-7-9-13/h3-9H,1-2,10-12H2. The Morgan fingerprint density at radius 2 is 1.67 bits per heavy atom. The van der Waals surface area contributed by atoms with E-state index in [0.717, 1.165) is 5.56 Å². The average molecular weight is 203 g/mol. The minimum Gasteiger partial charge on any atom is -0.294 e. The van der Waals surface area contributed by atoms with E-state index in [-0.39, 0.29) is 0 Å². The van der Waals surface area contributed by atoms with Crippen molar-refractivity contribution in [3.63, 3.8) is 0 Å². The first-order valence-corrected chi connectivity index (χ1v) is 5.00. The van der Waals surface area contributed by atoms with Crippen LogP contribution in [0.25, 0.3) is 0 Å². The zero-order chi connectivity index (χ0) is 10.9. The molecule has 0 bridgehead atoms. The zero-order valence-corrected chi connectivity index (χ0v) is 8.93. The Hall–Kier alpha value is -1.38. The summed E-state index contributed by atoms with van der Waals surface area (Å²) in [4.78, 5) is 5.60. The van der Waals surface area contributed by atoms with Crippen molar-refractivity contribution in [3.05, 3.63) is 61.2 Å². The Kier molecular flexibility index (Phi) is 5.44. The van der Waals surface area contributed by atoms with Crippen molar-refractivity contribution in [2.24, 2.45) is 0 Å². The van der Waals surface area contributed by atoms with Crippen LogP contribution in [-0.4, -0.2) is 18.2 Å². The fourth-order valence-electron chi connectivity index (χ4n) is 1.21. The summed E-state index contributed by atoms with van der Waals surface area (Å²) in [5.41, 5.74) is 1.16. The van der Waals surface area contributed by atoms with Gasteiger partial charge in [0.05, 0.1) is 6.61 Å². The molecule has 2 heteroatoms. The lowest BCUT2D eigenvalue weighted by Gasteiger charge is -2.18. The van der Waals surface area contributed by atoms with Gasteiger partial charge in [0.1, 0.15) is 0 Å². The molecule has 15 heavy (non-hydrogen) atoms.